The Morgan fingerprint density at radius 3 is 2.29 bits per heavy atom. The molecular formula is C19H28NO+. The minimum Gasteiger partial charge on any atom is -0.496 e. The molecule has 2 heteroatoms. The highest BCUT2D eigenvalue weighted by molar-refractivity contribution is 5.35. The first-order valence-corrected chi connectivity index (χ1v) is 8.69. The summed E-state index contributed by atoms with van der Waals surface area (Å²) in [6, 6.07) is 7.55. The quantitative estimate of drug-likeness (QED) is 0.905. The molecule has 0 atom stereocenters. The number of aryl methyl sites for hydroxylation is 1. The number of ether oxygens (including phenoxy) is 1. The summed E-state index contributed by atoms with van der Waals surface area (Å²) in [4.78, 5) is 0. The zero-order valence-corrected chi connectivity index (χ0v) is 13.3. The van der Waals surface area contributed by atoms with Crippen molar-refractivity contribution in [3.05, 3.63) is 29.3 Å². The second kappa shape index (κ2) is 5.31. The van der Waals surface area contributed by atoms with Crippen molar-refractivity contribution >= 4 is 0 Å². The summed E-state index contributed by atoms with van der Waals surface area (Å²) in [5, 5.41) is 2.66. The van der Waals surface area contributed by atoms with E-state index in [1.165, 1.54) is 36.8 Å². The first-order chi connectivity index (χ1) is 10.2. The van der Waals surface area contributed by atoms with Gasteiger partial charge in [-0.3, -0.25) is 0 Å². The molecule has 21 heavy (non-hydrogen) atoms. The number of hydrogen-bond acceptors (Lipinski definition) is 1. The highest BCUT2D eigenvalue weighted by Crippen LogP contribution is 2.52. The van der Waals surface area contributed by atoms with E-state index < -0.39 is 0 Å². The molecule has 4 aliphatic carbocycles. The number of nitrogens with two attached hydrogens (primary N) is 1. The van der Waals surface area contributed by atoms with E-state index >= 15 is 0 Å². The molecule has 4 saturated carbocycles. The van der Waals surface area contributed by atoms with E-state index in [1.54, 1.807) is 13.5 Å². The average molecular weight is 286 g/mol. The van der Waals surface area contributed by atoms with E-state index in [-0.39, 0.29) is 0 Å². The molecule has 114 valence electrons. The molecular weight excluding hydrogens is 258 g/mol. The summed E-state index contributed by atoms with van der Waals surface area (Å²) in [5.41, 5.74) is 2.70. The maximum absolute atomic E-state index is 5.36. The lowest BCUT2D eigenvalue weighted by Gasteiger charge is -2.52. The van der Waals surface area contributed by atoms with Gasteiger partial charge in [-0.2, -0.15) is 0 Å². The third-order valence-electron chi connectivity index (χ3n) is 6.38. The first kappa shape index (κ1) is 13.6. The van der Waals surface area contributed by atoms with Crippen LogP contribution in [0.2, 0.25) is 0 Å². The zero-order valence-electron chi connectivity index (χ0n) is 13.3. The SMILES string of the molecule is COc1ccc(C[NH2+]C2C3CC4CC(C3)CC2C4)cc1C. The van der Waals surface area contributed by atoms with Crippen LogP contribution in [0.5, 0.6) is 5.75 Å². The summed E-state index contributed by atoms with van der Waals surface area (Å²) in [6.45, 7) is 3.28. The van der Waals surface area contributed by atoms with E-state index in [1.807, 2.05) is 0 Å². The van der Waals surface area contributed by atoms with Gasteiger partial charge in [0.2, 0.25) is 0 Å². The Morgan fingerprint density at radius 1 is 1.05 bits per heavy atom. The van der Waals surface area contributed by atoms with Crippen molar-refractivity contribution in [2.75, 3.05) is 7.11 Å². The molecule has 2 N–H and O–H groups in total. The van der Waals surface area contributed by atoms with Crippen molar-refractivity contribution < 1.29 is 10.1 Å². The van der Waals surface area contributed by atoms with Gasteiger partial charge in [0.15, 0.2) is 0 Å². The summed E-state index contributed by atoms with van der Waals surface area (Å²) in [5.74, 6) is 5.20. The second-order valence-corrected chi connectivity index (χ2v) is 7.75. The highest BCUT2D eigenvalue weighted by Gasteiger charge is 2.49. The van der Waals surface area contributed by atoms with E-state index in [9.17, 15) is 0 Å². The number of hydrogen-bond donors (Lipinski definition) is 1. The fraction of sp³-hybridized carbons (Fsp3) is 0.684. The highest BCUT2D eigenvalue weighted by atomic mass is 16.5. The van der Waals surface area contributed by atoms with Crippen LogP contribution in [0, 0.1) is 30.6 Å². The molecule has 4 fully saturated rings. The number of quaternary nitrogens is 1. The van der Waals surface area contributed by atoms with Gasteiger partial charge in [0.05, 0.1) is 13.2 Å². The van der Waals surface area contributed by atoms with Gasteiger partial charge in [-0.05, 0) is 74.6 Å². The molecule has 1 aromatic rings. The Hall–Kier alpha value is -1.02. The summed E-state index contributed by atoms with van der Waals surface area (Å²) in [7, 11) is 1.75. The Kier molecular flexibility index (Phi) is 3.45. The van der Waals surface area contributed by atoms with Crippen molar-refractivity contribution in [2.45, 2.75) is 51.6 Å². The van der Waals surface area contributed by atoms with Crippen LogP contribution in [0.4, 0.5) is 0 Å². The number of methoxy groups -OCH3 is 1. The van der Waals surface area contributed by atoms with Crippen molar-refractivity contribution in [3.63, 3.8) is 0 Å². The summed E-state index contributed by atoms with van der Waals surface area (Å²) >= 11 is 0. The third kappa shape index (κ3) is 2.48. The van der Waals surface area contributed by atoms with Gasteiger partial charge >= 0.3 is 0 Å². The Labute approximate surface area is 128 Å². The number of benzene rings is 1. The Morgan fingerprint density at radius 2 is 1.71 bits per heavy atom. The lowest BCUT2D eigenvalue weighted by Crippen LogP contribution is -2.93. The Bertz CT molecular complexity index is 496. The van der Waals surface area contributed by atoms with Crippen LogP contribution < -0.4 is 10.1 Å². The molecule has 0 heterocycles. The lowest BCUT2D eigenvalue weighted by atomic mass is 9.54. The van der Waals surface area contributed by atoms with Crippen LogP contribution in [0.1, 0.15) is 43.2 Å². The molecule has 1 aromatic carbocycles. The monoisotopic (exact) mass is 286 g/mol. The molecule has 0 amide bonds. The molecule has 0 aromatic heterocycles. The van der Waals surface area contributed by atoms with Gasteiger partial charge in [-0.15, -0.1) is 0 Å². The molecule has 2 nitrogen and oxygen atoms in total. The predicted molar refractivity (Wildman–Crippen MR) is 84.2 cm³/mol. The lowest BCUT2D eigenvalue weighted by molar-refractivity contribution is -0.723. The predicted octanol–water partition coefficient (Wildman–Crippen LogP) is 2.89. The largest absolute Gasteiger partial charge is 0.496 e. The van der Waals surface area contributed by atoms with Crippen LogP contribution >= 0.6 is 0 Å². The molecule has 0 aliphatic heterocycles. The van der Waals surface area contributed by atoms with Gasteiger partial charge in [-0.25, -0.2) is 0 Å². The molecule has 4 aliphatic rings. The molecule has 5 rings (SSSR count). The van der Waals surface area contributed by atoms with E-state index in [0.29, 0.717) is 0 Å². The van der Waals surface area contributed by atoms with Crippen molar-refractivity contribution in [2.24, 2.45) is 23.7 Å². The minimum absolute atomic E-state index is 0.903. The van der Waals surface area contributed by atoms with E-state index in [0.717, 1.165) is 42.0 Å². The minimum atomic E-state index is 0.903. The molecule has 4 bridgehead atoms. The van der Waals surface area contributed by atoms with Gasteiger partial charge < -0.3 is 10.1 Å². The molecule has 0 unspecified atom stereocenters. The first-order valence-electron chi connectivity index (χ1n) is 8.69. The van der Waals surface area contributed by atoms with Crippen LogP contribution in [-0.4, -0.2) is 13.2 Å². The standard InChI is InChI=1S/C19H27NO/c1-12-5-13(3-4-18(12)21-2)11-20-19-16-7-14-6-15(9-16)10-17(19)8-14/h3-5,14-17,19-20H,6-11H2,1-2H3/p+1. The number of rotatable bonds is 4. The van der Waals surface area contributed by atoms with E-state index in [2.05, 4.69) is 30.4 Å². The van der Waals surface area contributed by atoms with Crippen LogP contribution in [0.25, 0.3) is 0 Å². The Balaban J connectivity index is 1.42. The van der Waals surface area contributed by atoms with Crippen LogP contribution in [0.15, 0.2) is 18.2 Å². The zero-order chi connectivity index (χ0) is 14.4. The molecule has 0 saturated heterocycles. The average Bonchev–Trinajstić information content (AvgIpc) is 2.46. The van der Waals surface area contributed by atoms with Crippen molar-refractivity contribution in [3.8, 4) is 5.75 Å². The van der Waals surface area contributed by atoms with Gasteiger partial charge in [0, 0.05) is 17.4 Å². The maximum Gasteiger partial charge on any atom is 0.121 e. The maximum atomic E-state index is 5.36. The van der Waals surface area contributed by atoms with Crippen LogP contribution in [-0.2, 0) is 6.54 Å². The van der Waals surface area contributed by atoms with Gasteiger partial charge in [0.1, 0.15) is 12.3 Å². The molecule has 0 spiro atoms. The second-order valence-electron chi connectivity index (χ2n) is 7.75. The fourth-order valence-electron chi connectivity index (χ4n) is 5.69. The topological polar surface area (TPSA) is 25.8 Å². The van der Waals surface area contributed by atoms with Gasteiger partial charge in [0.25, 0.3) is 0 Å². The third-order valence-corrected chi connectivity index (χ3v) is 6.38. The fourth-order valence-corrected chi connectivity index (χ4v) is 5.69. The van der Waals surface area contributed by atoms with Gasteiger partial charge in [-0.1, -0.05) is 0 Å². The van der Waals surface area contributed by atoms with E-state index in [4.69, 9.17) is 4.74 Å². The normalized spacial score (nSPS) is 37.0. The smallest absolute Gasteiger partial charge is 0.121 e. The van der Waals surface area contributed by atoms with Crippen molar-refractivity contribution in [1.29, 1.82) is 0 Å². The summed E-state index contributed by atoms with van der Waals surface area (Å²) in [6.07, 6.45) is 7.65. The van der Waals surface area contributed by atoms with Crippen molar-refractivity contribution in [1.82, 2.24) is 0 Å². The summed E-state index contributed by atoms with van der Waals surface area (Å²) < 4.78 is 5.36. The molecule has 0 radical (unpaired) electrons. The van der Waals surface area contributed by atoms with Crippen LogP contribution in [0.3, 0.4) is 0 Å².